The van der Waals surface area contributed by atoms with Crippen LogP contribution in [0.3, 0.4) is 0 Å². The molecule has 0 aliphatic rings. The monoisotopic (exact) mass is 428 g/mol. The van der Waals surface area contributed by atoms with Crippen molar-refractivity contribution in [2.24, 2.45) is 4.99 Å². The predicted molar refractivity (Wildman–Crippen MR) is 119 cm³/mol. The van der Waals surface area contributed by atoms with Gasteiger partial charge in [-0.3, -0.25) is 4.99 Å². The number of nitrogens with two attached hydrogens (primary N) is 1. The summed E-state index contributed by atoms with van der Waals surface area (Å²) in [6.07, 6.45) is 6.72. The van der Waals surface area contributed by atoms with Crippen LogP contribution in [0, 0.1) is 6.92 Å². The molecule has 0 aliphatic heterocycles. The lowest BCUT2D eigenvalue weighted by Gasteiger charge is -2.07. The van der Waals surface area contributed by atoms with E-state index in [1.165, 1.54) is 0 Å². The number of nitrogens with zero attached hydrogens (tertiary/aromatic N) is 3. The number of aromatic amines is 1. The number of aromatic nitrogens is 3. The number of aryl methyl sites for hydroxylation is 1. The zero-order valence-corrected chi connectivity index (χ0v) is 17.6. The molecular formula is C21H25ClN6O2. The summed E-state index contributed by atoms with van der Waals surface area (Å²) in [6, 6.07) is 8.02. The van der Waals surface area contributed by atoms with Crippen LogP contribution in [0.5, 0.6) is 0 Å². The largest absolute Gasteiger partial charge is 0.450 e. The number of aliphatic imine (C=N–C) groups is 1. The van der Waals surface area contributed by atoms with Gasteiger partial charge >= 0.3 is 6.09 Å². The molecule has 0 radical (unpaired) electrons. The highest BCUT2D eigenvalue weighted by Crippen LogP contribution is 2.24. The van der Waals surface area contributed by atoms with E-state index in [1.54, 1.807) is 13.1 Å². The lowest BCUT2D eigenvalue weighted by Crippen LogP contribution is -2.24. The smallest absolute Gasteiger partial charge is 0.407 e. The molecule has 0 saturated carbocycles. The van der Waals surface area contributed by atoms with E-state index >= 15 is 0 Å². The fourth-order valence-electron chi connectivity index (χ4n) is 2.99. The average molecular weight is 429 g/mol. The molecule has 0 saturated heterocycles. The van der Waals surface area contributed by atoms with E-state index in [9.17, 15) is 4.79 Å². The van der Waals surface area contributed by atoms with Gasteiger partial charge in [-0.15, -0.1) is 0 Å². The van der Waals surface area contributed by atoms with Crippen LogP contribution < -0.4 is 11.1 Å². The van der Waals surface area contributed by atoms with Gasteiger partial charge in [-0.05, 0) is 73.4 Å². The Balaban J connectivity index is 1.27. The topological polar surface area (TPSA) is 118 Å². The first-order valence-corrected chi connectivity index (χ1v) is 10.2. The fourth-order valence-corrected chi connectivity index (χ4v) is 3.20. The van der Waals surface area contributed by atoms with Gasteiger partial charge in [0.25, 0.3) is 0 Å². The van der Waals surface area contributed by atoms with Gasteiger partial charge in [0.1, 0.15) is 5.69 Å². The predicted octanol–water partition coefficient (Wildman–Crippen LogP) is 4.69. The molecule has 0 atom stereocenters. The van der Waals surface area contributed by atoms with Crippen LogP contribution in [-0.2, 0) is 11.3 Å². The van der Waals surface area contributed by atoms with Gasteiger partial charge in [0.05, 0.1) is 12.3 Å². The third-order valence-corrected chi connectivity index (χ3v) is 4.71. The Morgan fingerprint density at radius 3 is 3.00 bits per heavy atom. The maximum absolute atomic E-state index is 11.8. The Hall–Kier alpha value is -3.13. The number of carbonyl (C=O) groups is 1. The number of hydrogen-bond donors (Lipinski definition) is 3. The second-order valence-corrected chi connectivity index (χ2v) is 7.20. The Morgan fingerprint density at radius 1 is 1.30 bits per heavy atom. The molecule has 2 aromatic heterocycles. The highest BCUT2D eigenvalue weighted by molar-refractivity contribution is 6.28. The first-order chi connectivity index (χ1) is 14.5. The van der Waals surface area contributed by atoms with E-state index in [1.807, 2.05) is 30.5 Å². The Bertz CT molecular complexity index is 1010. The van der Waals surface area contributed by atoms with Gasteiger partial charge in [-0.25, -0.2) is 9.78 Å². The molecule has 0 aliphatic carbocycles. The van der Waals surface area contributed by atoms with Crippen molar-refractivity contribution in [2.45, 2.75) is 39.2 Å². The molecule has 1 aromatic carbocycles. The van der Waals surface area contributed by atoms with Gasteiger partial charge in [0.15, 0.2) is 5.82 Å². The molecule has 3 rings (SSSR count). The number of rotatable bonds is 9. The molecule has 3 aromatic rings. The number of alkyl carbamates (subject to hydrolysis) is 1. The van der Waals surface area contributed by atoms with Crippen LogP contribution in [-0.4, -0.2) is 33.9 Å². The van der Waals surface area contributed by atoms with Gasteiger partial charge in [0, 0.05) is 24.5 Å². The molecule has 0 unspecified atom stereocenters. The van der Waals surface area contributed by atoms with E-state index in [-0.39, 0.29) is 11.1 Å². The summed E-state index contributed by atoms with van der Waals surface area (Å²) in [5, 5.41) is 4.01. The number of unbranched alkanes of at least 4 members (excludes halogenated alkanes) is 3. The maximum Gasteiger partial charge on any atom is 0.407 e. The minimum Gasteiger partial charge on any atom is -0.450 e. The van der Waals surface area contributed by atoms with Crippen molar-refractivity contribution in [3.05, 3.63) is 47.0 Å². The third-order valence-electron chi connectivity index (χ3n) is 4.54. The van der Waals surface area contributed by atoms with E-state index in [0.717, 1.165) is 42.1 Å². The average Bonchev–Trinajstić information content (AvgIpc) is 3.17. The molecule has 8 nitrogen and oxygen atoms in total. The van der Waals surface area contributed by atoms with Crippen LogP contribution in [0.4, 0.5) is 16.3 Å². The van der Waals surface area contributed by atoms with Crippen LogP contribution in [0.15, 0.2) is 35.5 Å². The molecule has 9 heteroatoms. The Kier molecular flexibility index (Phi) is 7.62. The van der Waals surface area contributed by atoms with Gasteiger partial charge < -0.3 is 20.8 Å². The van der Waals surface area contributed by atoms with Crippen LogP contribution >= 0.6 is 11.6 Å². The van der Waals surface area contributed by atoms with Gasteiger partial charge in [-0.1, -0.05) is 6.07 Å². The van der Waals surface area contributed by atoms with E-state index < -0.39 is 6.09 Å². The fraction of sp³-hybridized carbons (Fsp3) is 0.333. The third kappa shape index (κ3) is 6.18. The number of amides is 1. The number of carbonyl (C=O) groups excluding carboxylic acids is 1. The Morgan fingerprint density at radius 2 is 2.17 bits per heavy atom. The van der Waals surface area contributed by atoms with Crippen LogP contribution in [0.1, 0.15) is 36.9 Å². The van der Waals surface area contributed by atoms with E-state index in [4.69, 9.17) is 22.1 Å². The van der Waals surface area contributed by atoms with Crippen molar-refractivity contribution in [2.75, 3.05) is 12.3 Å². The van der Waals surface area contributed by atoms with Crippen molar-refractivity contribution in [3.63, 3.8) is 0 Å². The summed E-state index contributed by atoms with van der Waals surface area (Å²) < 4.78 is 5.22. The maximum atomic E-state index is 11.8. The lowest BCUT2D eigenvalue weighted by molar-refractivity contribution is 0.143. The minimum absolute atomic E-state index is 0.120. The van der Waals surface area contributed by atoms with E-state index in [2.05, 4.69) is 25.3 Å². The molecular weight excluding hydrogens is 404 g/mol. The standard InChI is InChI=1S/C21H25ClN6O2/c1-14-18(19(23)28-20(22)27-14)25-9-4-2-3-5-11-30-21(29)26-13-15-6-7-17-16(12-15)8-10-24-17/h6-10,12,24H,2-5,11,13H2,1H3,(H,26,29)(H2,23,27,28)/b25-9-. The lowest BCUT2D eigenvalue weighted by atomic mass is 10.1. The SMILES string of the molecule is Cc1nc(Cl)nc(N)c1/N=C\CCCCCOC(=O)NCc1ccc2[nH]ccc2c1. The molecule has 4 N–H and O–H groups in total. The number of nitrogens with one attached hydrogen (secondary N) is 2. The van der Waals surface area contributed by atoms with Crippen molar-refractivity contribution in [1.82, 2.24) is 20.3 Å². The van der Waals surface area contributed by atoms with Crippen LogP contribution in [0.25, 0.3) is 10.9 Å². The number of halogens is 1. The number of fused-ring (bicyclic) bond motifs is 1. The van der Waals surface area contributed by atoms with Crippen molar-refractivity contribution < 1.29 is 9.53 Å². The summed E-state index contributed by atoms with van der Waals surface area (Å²) in [5.74, 6) is 0.274. The summed E-state index contributed by atoms with van der Waals surface area (Å²) in [5.41, 5.74) is 9.11. The van der Waals surface area contributed by atoms with Crippen molar-refractivity contribution >= 4 is 46.3 Å². The molecule has 0 spiro atoms. The number of benzene rings is 1. The highest BCUT2D eigenvalue weighted by Gasteiger charge is 2.06. The summed E-state index contributed by atoms with van der Waals surface area (Å²) in [7, 11) is 0. The van der Waals surface area contributed by atoms with Gasteiger partial charge in [0.2, 0.25) is 5.28 Å². The highest BCUT2D eigenvalue weighted by atomic mass is 35.5. The second kappa shape index (κ2) is 10.6. The number of anilines is 1. The Labute approximate surface area is 179 Å². The van der Waals surface area contributed by atoms with E-state index in [0.29, 0.717) is 24.5 Å². The van der Waals surface area contributed by atoms with Crippen molar-refractivity contribution in [1.29, 1.82) is 0 Å². The molecule has 30 heavy (non-hydrogen) atoms. The zero-order valence-electron chi connectivity index (χ0n) is 16.8. The summed E-state index contributed by atoms with van der Waals surface area (Å²) >= 11 is 5.75. The number of H-pyrrole nitrogens is 1. The second-order valence-electron chi connectivity index (χ2n) is 6.86. The van der Waals surface area contributed by atoms with Crippen molar-refractivity contribution in [3.8, 4) is 0 Å². The van der Waals surface area contributed by atoms with Crippen LogP contribution in [0.2, 0.25) is 5.28 Å². The number of nitrogen functional groups attached to an aromatic ring is 1. The molecule has 0 fully saturated rings. The summed E-state index contributed by atoms with van der Waals surface area (Å²) in [4.78, 5) is 27.2. The summed E-state index contributed by atoms with van der Waals surface area (Å²) in [6.45, 7) is 2.61. The quantitative estimate of drug-likeness (QED) is 0.259. The number of hydrogen-bond acceptors (Lipinski definition) is 6. The molecule has 1 amide bonds. The zero-order chi connectivity index (χ0) is 21.3. The first kappa shape index (κ1) is 21.6. The normalized spacial score (nSPS) is 11.3. The minimum atomic E-state index is -0.403. The molecule has 2 heterocycles. The molecule has 0 bridgehead atoms. The van der Waals surface area contributed by atoms with Gasteiger partial charge in [-0.2, -0.15) is 4.98 Å². The molecule has 158 valence electrons. The first-order valence-electron chi connectivity index (χ1n) is 9.81. The number of ether oxygens (including phenoxy) is 1.